The van der Waals surface area contributed by atoms with Crippen molar-refractivity contribution in [1.82, 2.24) is 5.32 Å². The fourth-order valence-electron chi connectivity index (χ4n) is 1.28. The fourth-order valence-corrected chi connectivity index (χ4v) is 1.28. The van der Waals surface area contributed by atoms with E-state index in [0.717, 1.165) is 6.42 Å². The maximum atomic E-state index is 13.1. The molecule has 2 N–H and O–H groups in total. The molecule has 0 radical (unpaired) electrons. The van der Waals surface area contributed by atoms with Crippen molar-refractivity contribution in [3.05, 3.63) is 24.0 Å². The van der Waals surface area contributed by atoms with Gasteiger partial charge in [-0.25, -0.2) is 4.39 Å². The SMILES string of the molecule is CCCNC(=O)CNc1ccc(F)c(OC)c1. The summed E-state index contributed by atoms with van der Waals surface area (Å²) in [6.07, 6.45) is 0.899. The predicted octanol–water partition coefficient (Wildman–Crippen LogP) is 1.77. The molecule has 0 unspecified atom stereocenters. The van der Waals surface area contributed by atoms with Crippen LogP contribution in [0.2, 0.25) is 0 Å². The summed E-state index contributed by atoms with van der Waals surface area (Å²) in [6, 6.07) is 4.37. The summed E-state index contributed by atoms with van der Waals surface area (Å²) in [5.41, 5.74) is 0.648. The third-order valence-electron chi connectivity index (χ3n) is 2.18. The molecule has 0 aliphatic carbocycles. The van der Waals surface area contributed by atoms with Gasteiger partial charge in [-0.2, -0.15) is 0 Å². The van der Waals surface area contributed by atoms with Gasteiger partial charge >= 0.3 is 0 Å². The second-order valence-corrected chi connectivity index (χ2v) is 3.55. The number of methoxy groups -OCH3 is 1. The smallest absolute Gasteiger partial charge is 0.239 e. The minimum Gasteiger partial charge on any atom is -0.494 e. The Morgan fingerprint density at radius 3 is 2.88 bits per heavy atom. The third kappa shape index (κ3) is 4.30. The van der Waals surface area contributed by atoms with Crippen molar-refractivity contribution in [3.63, 3.8) is 0 Å². The van der Waals surface area contributed by atoms with Gasteiger partial charge in [0.05, 0.1) is 13.7 Å². The zero-order valence-electron chi connectivity index (χ0n) is 10.0. The number of nitrogens with one attached hydrogen (secondary N) is 2. The summed E-state index contributed by atoms with van der Waals surface area (Å²) >= 11 is 0. The Morgan fingerprint density at radius 2 is 2.24 bits per heavy atom. The van der Waals surface area contributed by atoms with Gasteiger partial charge in [-0.1, -0.05) is 6.92 Å². The van der Waals surface area contributed by atoms with E-state index >= 15 is 0 Å². The van der Waals surface area contributed by atoms with E-state index < -0.39 is 5.82 Å². The number of amides is 1. The molecular formula is C12H17FN2O2. The summed E-state index contributed by atoms with van der Waals surface area (Å²) in [5.74, 6) is -0.354. The molecule has 1 aromatic rings. The average Bonchev–Trinajstić information content (AvgIpc) is 2.35. The molecule has 1 rings (SSSR count). The Balaban J connectivity index is 2.49. The summed E-state index contributed by atoms with van der Waals surface area (Å²) < 4.78 is 17.9. The van der Waals surface area contributed by atoms with Crippen LogP contribution in [0.25, 0.3) is 0 Å². The van der Waals surface area contributed by atoms with Crippen molar-refractivity contribution in [2.24, 2.45) is 0 Å². The minimum absolute atomic E-state index is 0.0878. The highest BCUT2D eigenvalue weighted by Gasteiger charge is 2.04. The Labute approximate surface area is 100 Å². The summed E-state index contributed by atoms with van der Waals surface area (Å²) in [7, 11) is 1.40. The number of rotatable bonds is 6. The molecule has 1 aromatic carbocycles. The highest BCUT2D eigenvalue weighted by Crippen LogP contribution is 2.21. The molecule has 0 bridgehead atoms. The molecule has 0 saturated carbocycles. The maximum Gasteiger partial charge on any atom is 0.239 e. The number of hydrogen-bond acceptors (Lipinski definition) is 3. The van der Waals surface area contributed by atoms with Crippen LogP contribution < -0.4 is 15.4 Å². The summed E-state index contributed by atoms with van der Waals surface area (Å²) in [4.78, 5) is 11.3. The largest absolute Gasteiger partial charge is 0.494 e. The second kappa shape index (κ2) is 6.73. The molecule has 1 amide bonds. The van der Waals surface area contributed by atoms with E-state index in [9.17, 15) is 9.18 Å². The molecule has 94 valence electrons. The first-order valence-electron chi connectivity index (χ1n) is 5.51. The first-order chi connectivity index (χ1) is 8.17. The van der Waals surface area contributed by atoms with Gasteiger partial charge in [-0.05, 0) is 18.6 Å². The molecular weight excluding hydrogens is 223 g/mol. The van der Waals surface area contributed by atoms with Crippen LogP contribution in [0.3, 0.4) is 0 Å². The van der Waals surface area contributed by atoms with Crippen LogP contribution in [0.15, 0.2) is 18.2 Å². The molecule has 0 heterocycles. The van der Waals surface area contributed by atoms with Crippen molar-refractivity contribution in [3.8, 4) is 5.75 Å². The van der Waals surface area contributed by atoms with Gasteiger partial charge in [0.15, 0.2) is 11.6 Å². The number of carbonyl (C=O) groups excluding carboxylic acids is 1. The monoisotopic (exact) mass is 240 g/mol. The topological polar surface area (TPSA) is 50.4 Å². The van der Waals surface area contributed by atoms with Gasteiger partial charge in [0, 0.05) is 18.3 Å². The molecule has 0 saturated heterocycles. The lowest BCUT2D eigenvalue weighted by Crippen LogP contribution is -2.30. The van der Waals surface area contributed by atoms with Crippen molar-refractivity contribution in [2.75, 3.05) is 25.5 Å². The lowest BCUT2D eigenvalue weighted by molar-refractivity contribution is -0.119. The number of benzene rings is 1. The molecule has 5 heteroatoms. The van der Waals surface area contributed by atoms with Crippen molar-refractivity contribution >= 4 is 11.6 Å². The van der Waals surface area contributed by atoms with Crippen LogP contribution in [0.4, 0.5) is 10.1 Å². The van der Waals surface area contributed by atoms with Crippen LogP contribution in [-0.2, 0) is 4.79 Å². The number of hydrogen-bond donors (Lipinski definition) is 2. The minimum atomic E-state index is -0.423. The van der Waals surface area contributed by atoms with Crippen LogP contribution in [0, 0.1) is 5.82 Å². The summed E-state index contributed by atoms with van der Waals surface area (Å²) in [5, 5.41) is 5.63. The molecule has 0 atom stereocenters. The zero-order valence-corrected chi connectivity index (χ0v) is 10.0. The van der Waals surface area contributed by atoms with E-state index in [2.05, 4.69) is 10.6 Å². The third-order valence-corrected chi connectivity index (χ3v) is 2.18. The zero-order chi connectivity index (χ0) is 12.7. The normalized spacial score (nSPS) is 9.82. The van der Waals surface area contributed by atoms with Crippen molar-refractivity contribution in [2.45, 2.75) is 13.3 Å². The summed E-state index contributed by atoms with van der Waals surface area (Å²) in [6.45, 7) is 2.81. The Hall–Kier alpha value is -1.78. The maximum absolute atomic E-state index is 13.1. The number of ether oxygens (including phenoxy) is 1. The van der Waals surface area contributed by atoms with E-state index in [1.165, 1.54) is 19.2 Å². The molecule has 0 aliphatic heterocycles. The Bertz CT molecular complexity index is 383. The lowest BCUT2D eigenvalue weighted by atomic mass is 10.3. The quantitative estimate of drug-likeness (QED) is 0.796. The number of anilines is 1. The molecule has 17 heavy (non-hydrogen) atoms. The van der Waals surface area contributed by atoms with Gasteiger partial charge in [-0.15, -0.1) is 0 Å². The van der Waals surface area contributed by atoms with Gasteiger partial charge in [0.1, 0.15) is 0 Å². The highest BCUT2D eigenvalue weighted by atomic mass is 19.1. The van der Waals surface area contributed by atoms with Gasteiger partial charge < -0.3 is 15.4 Å². The van der Waals surface area contributed by atoms with E-state index in [0.29, 0.717) is 12.2 Å². The van der Waals surface area contributed by atoms with Crippen molar-refractivity contribution < 1.29 is 13.9 Å². The molecule has 0 aromatic heterocycles. The first-order valence-corrected chi connectivity index (χ1v) is 5.51. The van der Waals surface area contributed by atoms with Crippen LogP contribution >= 0.6 is 0 Å². The van der Waals surface area contributed by atoms with Crippen LogP contribution in [0.5, 0.6) is 5.75 Å². The highest BCUT2D eigenvalue weighted by molar-refractivity contribution is 5.80. The molecule has 0 spiro atoms. The number of halogens is 1. The van der Waals surface area contributed by atoms with Gasteiger partial charge in [0.2, 0.25) is 5.91 Å². The van der Waals surface area contributed by atoms with Gasteiger partial charge in [0.25, 0.3) is 0 Å². The van der Waals surface area contributed by atoms with E-state index in [1.54, 1.807) is 6.07 Å². The molecule has 0 fully saturated rings. The number of carbonyl (C=O) groups is 1. The lowest BCUT2D eigenvalue weighted by Gasteiger charge is -2.08. The standard InChI is InChI=1S/C12H17FN2O2/c1-3-6-14-12(16)8-15-9-4-5-10(13)11(7-9)17-2/h4-5,7,15H,3,6,8H2,1-2H3,(H,14,16). The van der Waals surface area contributed by atoms with E-state index in [4.69, 9.17) is 4.74 Å². The first kappa shape index (κ1) is 13.3. The van der Waals surface area contributed by atoms with Crippen molar-refractivity contribution in [1.29, 1.82) is 0 Å². The van der Waals surface area contributed by atoms with Crippen LogP contribution in [0.1, 0.15) is 13.3 Å². The van der Waals surface area contributed by atoms with Crippen LogP contribution in [-0.4, -0.2) is 26.1 Å². The Kier molecular flexibility index (Phi) is 5.26. The molecule has 0 aliphatic rings. The fraction of sp³-hybridized carbons (Fsp3) is 0.417. The average molecular weight is 240 g/mol. The van der Waals surface area contributed by atoms with E-state index in [1.807, 2.05) is 6.92 Å². The molecule has 4 nitrogen and oxygen atoms in total. The predicted molar refractivity (Wildman–Crippen MR) is 64.7 cm³/mol. The second-order valence-electron chi connectivity index (χ2n) is 3.55. The Morgan fingerprint density at radius 1 is 1.47 bits per heavy atom. The van der Waals surface area contributed by atoms with E-state index in [-0.39, 0.29) is 18.2 Å². The van der Waals surface area contributed by atoms with Gasteiger partial charge in [-0.3, -0.25) is 4.79 Å².